The number of aryl methyl sites for hydroxylation is 1. The first-order valence-corrected chi connectivity index (χ1v) is 10.9. The Kier molecular flexibility index (Phi) is 6.53. The molecule has 6 nitrogen and oxygen atoms in total. The van der Waals surface area contributed by atoms with Crippen molar-refractivity contribution in [2.45, 2.75) is 25.2 Å². The van der Waals surface area contributed by atoms with E-state index in [-0.39, 0.29) is 6.54 Å². The Balaban J connectivity index is 1.85. The predicted molar refractivity (Wildman–Crippen MR) is 125 cm³/mol. The van der Waals surface area contributed by atoms with Crippen LogP contribution in [0.3, 0.4) is 0 Å². The van der Waals surface area contributed by atoms with Crippen LogP contribution in [0.5, 0.6) is 0 Å². The van der Waals surface area contributed by atoms with Crippen molar-refractivity contribution >= 4 is 16.9 Å². The van der Waals surface area contributed by atoms with E-state index in [9.17, 15) is 19.4 Å². The van der Waals surface area contributed by atoms with Gasteiger partial charge >= 0.3 is 0 Å². The maximum atomic E-state index is 12.5. The molecule has 0 saturated carbocycles. The van der Waals surface area contributed by atoms with Crippen LogP contribution >= 0.6 is 0 Å². The summed E-state index contributed by atoms with van der Waals surface area (Å²) in [6, 6.07) is 23.8. The zero-order chi connectivity index (χ0) is 23.4. The number of carbonyl (C=O) groups excluding carboxylic acids is 1. The lowest BCUT2D eigenvalue weighted by atomic mass is 9.85. The number of nitrogens with one attached hydrogen (secondary N) is 1. The van der Waals surface area contributed by atoms with E-state index in [1.807, 2.05) is 72.2 Å². The predicted octanol–water partition coefficient (Wildman–Crippen LogP) is 3.40. The van der Waals surface area contributed by atoms with Crippen molar-refractivity contribution in [1.82, 2.24) is 14.9 Å². The molecule has 0 unspecified atom stereocenters. The second-order valence-electron chi connectivity index (χ2n) is 7.84. The van der Waals surface area contributed by atoms with Crippen molar-refractivity contribution in [3.05, 3.63) is 101 Å². The Labute approximate surface area is 191 Å². The number of imidazole rings is 1. The summed E-state index contributed by atoms with van der Waals surface area (Å²) in [6.07, 6.45) is -1.24. The minimum atomic E-state index is -1.51. The molecule has 0 radical (unpaired) electrons. The first-order chi connectivity index (χ1) is 16.0. The number of aliphatic hydroxyl groups is 2. The average molecular weight is 448 g/mol. The van der Waals surface area contributed by atoms with Crippen LogP contribution < -0.4 is 5.32 Å². The van der Waals surface area contributed by atoms with Gasteiger partial charge in [0, 0.05) is 18.7 Å². The molecule has 1 atom stereocenters. The van der Waals surface area contributed by atoms with Gasteiger partial charge in [0.2, 0.25) is 0 Å². The third kappa shape index (κ3) is 4.25. The summed E-state index contributed by atoms with van der Waals surface area (Å²) in [7, 11) is 0. The molecule has 33 heavy (non-hydrogen) atoms. The van der Waals surface area contributed by atoms with E-state index in [1.54, 1.807) is 18.2 Å². The SMILES string of the molecule is CCn1c(C(O)(c2ccccc2)c2ccccc2)nc2ccc(C(=O)NC[C@@H](O)CF)cc21. The molecule has 0 aliphatic rings. The number of amides is 1. The van der Waals surface area contributed by atoms with Gasteiger partial charge in [-0.25, -0.2) is 9.37 Å². The molecule has 4 aromatic rings. The second kappa shape index (κ2) is 9.52. The standard InChI is InChI=1S/C26H26FN3O3/c1-2-30-23-15-18(24(32)28-17-21(31)16-27)13-14-22(23)29-25(30)26(33,19-9-5-3-6-10-19)20-11-7-4-8-12-20/h3-15,21,31,33H,2,16-17H2,1H3,(H,28,32)/t21-/m0/s1. The van der Waals surface area contributed by atoms with E-state index in [0.29, 0.717) is 40.1 Å². The van der Waals surface area contributed by atoms with E-state index >= 15 is 0 Å². The number of hydrogen-bond acceptors (Lipinski definition) is 4. The summed E-state index contributed by atoms with van der Waals surface area (Å²) in [4.78, 5) is 17.3. The van der Waals surface area contributed by atoms with Gasteiger partial charge in [0.15, 0.2) is 11.4 Å². The Morgan fingerprint density at radius 3 is 2.21 bits per heavy atom. The molecule has 1 aromatic heterocycles. The van der Waals surface area contributed by atoms with Crippen molar-refractivity contribution in [2.24, 2.45) is 0 Å². The van der Waals surface area contributed by atoms with E-state index in [4.69, 9.17) is 4.98 Å². The Bertz CT molecular complexity index is 1200. The van der Waals surface area contributed by atoms with Crippen molar-refractivity contribution < 1.29 is 19.4 Å². The fourth-order valence-corrected chi connectivity index (χ4v) is 4.01. The fraction of sp³-hybridized carbons (Fsp3) is 0.231. The summed E-state index contributed by atoms with van der Waals surface area (Å²) in [5, 5.41) is 24.1. The highest BCUT2D eigenvalue weighted by Crippen LogP contribution is 2.37. The maximum Gasteiger partial charge on any atom is 0.251 e. The van der Waals surface area contributed by atoms with Gasteiger partial charge in [-0.3, -0.25) is 4.79 Å². The smallest absolute Gasteiger partial charge is 0.251 e. The van der Waals surface area contributed by atoms with Gasteiger partial charge in [-0.2, -0.15) is 0 Å². The summed E-state index contributed by atoms with van der Waals surface area (Å²) in [5.74, 6) is 0.0268. The number of rotatable bonds is 8. The summed E-state index contributed by atoms with van der Waals surface area (Å²) in [6.45, 7) is 1.36. The van der Waals surface area contributed by atoms with Gasteiger partial charge in [0.05, 0.1) is 17.1 Å². The van der Waals surface area contributed by atoms with Crippen LogP contribution in [0.25, 0.3) is 11.0 Å². The first-order valence-electron chi connectivity index (χ1n) is 10.9. The lowest BCUT2D eigenvalue weighted by molar-refractivity contribution is 0.0895. The molecule has 0 aliphatic carbocycles. The third-order valence-corrected chi connectivity index (χ3v) is 5.71. The molecule has 0 bridgehead atoms. The third-order valence-electron chi connectivity index (χ3n) is 5.71. The van der Waals surface area contributed by atoms with Gasteiger partial charge < -0.3 is 20.1 Å². The summed E-state index contributed by atoms with van der Waals surface area (Å²) in [5.41, 5.74) is 1.54. The lowest BCUT2D eigenvalue weighted by Gasteiger charge is -2.29. The minimum absolute atomic E-state index is 0.173. The summed E-state index contributed by atoms with van der Waals surface area (Å²) >= 11 is 0. The second-order valence-corrected chi connectivity index (χ2v) is 7.84. The van der Waals surface area contributed by atoms with Gasteiger partial charge in [-0.05, 0) is 36.2 Å². The van der Waals surface area contributed by atoms with Gasteiger partial charge in [0.25, 0.3) is 5.91 Å². The topological polar surface area (TPSA) is 87.4 Å². The van der Waals surface area contributed by atoms with Crippen LogP contribution in [0.1, 0.15) is 34.2 Å². The quantitative estimate of drug-likeness (QED) is 0.386. The molecule has 0 spiro atoms. The van der Waals surface area contributed by atoms with E-state index in [0.717, 1.165) is 0 Å². The highest BCUT2D eigenvalue weighted by molar-refractivity contribution is 5.97. The van der Waals surface area contributed by atoms with Gasteiger partial charge in [-0.1, -0.05) is 60.7 Å². The lowest BCUT2D eigenvalue weighted by Crippen LogP contribution is -2.33. The molecule has 3 N–H and O–H groups in total. The molecule has 0 aliphatic heterocycles. The first kappa shape index (κ1) is 22.6. The van der Waals surface area contributed by atoms with Crippen molar-refractivity contribution in [1.29, 1.82) is 0 Å². The minimum Gasteiger partial charge on any atom is -0.389 e. The van der Waals surface area contributed by atoms with Crippen LogP contribution in [-0.4, -0.2) is 45.0 Å². The molecule has 4 rings (SSSR count). The zero-order valence-electron chi connectivity index (χ0n) is 18.3. The normalized spacial score (nSPS) is 12.6. The molecule has 3 aromatic carbocycles. The van der Waals surface area contributed by atoms with Crippen molar-refractivity contribution in [2.75, 3.05) is 13.2 Å². The largest absolute Gasteiger partial charge is 0.389 e. The number of aliphatic hydroxyl groups excluding tert-OH is 1. The monoisotopic (exact) mass is 447 g/mol. The average Bonchev–Trinajstić information content (AvgIpc) is 3.25. The van der Waals surface area contributed by atoms with Crippen LogP contribution in [-0.2, 0) is 12.1 Å². The molecular weight excluding hydrogens is 421 g/mol. The highest BCUT2D eigenvalue weighted by Gasteiger charge is 2.38. The number of carbonyl (C=O) groups is 1. The number of hydrogen-bond donors (Lipinski definition) is 3. The molecule has 7 heteroatoms. The van der Waals surface area contributed by atoms with Crippen LogP contribution in [0, 0.1) is 0 Å². The van der Waals surface area contributed by atoms with Crippen molar-refractivity contribution in [3.63, 3.8) is 0 Å². The van der Waals surface area contributed by atoms with Crippen LogP contribution in [0.15, 0.2) is 78.9 Å². The molecular formula is C26H26FN3O3. The van der Waals surface area contributed by atoms with E-state index in [1.165, 1.54) is 0 Å². The zero-order valence-corrected chi connectivity index (χ0v) is 18.3. The molecule has 1 heterocycles. The highest BCUT2D eigenvalue weighted by atomic mass is 19.1. The molecule has 1 amide bonds. The van der Waals surface area contributed by atoms with E-state index in [2.05, 4.69) is 5.32 Å². The summed E-state index contributed by atoms with van der Waals surface area (Å²) < 4.78 is 14.4. The van der Waals surface area contributed by atoms with Crippen LogP contribution in [0.4, 0.5) is 4.39 Å². The number of benzene rings is 3. The molecule has 0 saturated heterocycles. The van der Waals surface area contributed by atoms with E-state index < -0.39 is 24.3 Å². The Morgan fingerprint density at radius 1 is 1.06 bits per heavy atom. The van der Waals surface area contributed by atoms with Gasteiger partial charge in [-0.15, -0.1) is 0 Å². The Morgan fingerprint density at radius 2 is 1.67 bits per heavy atom. The molecule has 0 fully saturated rings. The van der Waals surface area contributed by atoms with Crippen molar-refractivity contribution in [3.8, 4) is 0 Å². The van der Waals surface area contributed by atoms with Gasteiger partial charge in [0.1, 0.15) is 6.67 Å². The number of nitrogens with zero attached hydrogens (tertiary/aromatic N) is 2. The Hall–Kier alpha value is -3.55. The number of fused-ring (bicyclic) bond motifs is 1. The molecule has 170 valence electrons. The maximum absolute atomic E-state index is 12.5. The van der Waals surface area contributed by atoms with Crippen LogP contribution in [0.2, 0.25) is 0 Å². The number of halogens is 1. The fourth-order valence-electron chi connectivity index (χ4n) is 4.01. The number of alkyl halides is 1. The number of aromatic nitrogens is 2.